The molecule has 1 rings (SSSR count). The van der Waals surface area contributed by atoms with E-state index < -0.39 is 0 Å². The van der Waals surface area contributed by atoms with Gasteiger partial charge in [-0.15, -0.1) is 0 Å². The van der Waals surface area contributed by atoms with Gasteiger partial charge in [0.25, 0.3) is 0 Å². The van der Waals surface area contributed by atoms with E-state index in [1.807, 2.05) is 0 Å². The molecule has 0 aliphatic carbocycles. The van der Waals surface area contributed by atoms with Crippen molar-refractivity contribution in [2.24, 2.45) is 5.73 Å². The van der Waals surface area contributed by atoms with Gasteiger partial charge in [-0.05, 0) is 33.1 Å². The lowest BCUT2D eigenvalue weighted by molar-refractivity contribution is -0.0772. The van der Waals surface area contributed by atoms with Crippen LogP contribution in [0.2, 0.25) is 0 Å². The third-order valence-corrected chi connectivity index (χ3v) is 2.97. The molecule has 1 heterocycles. The predicted molar refractivity (Wildman–Crippen MR) is 57.3 cm³/mol. The van der Waals surface area contributed by atoms with Gasteiger partial charge in [-0.2, -0.15) is 0 Å². The van der Waals surface area contributed by atoms with Gasteiger partial charge in [0.1, 0.15) is 0 Å². The van der Waals surface area contributed by atoms with Crippen molar-refractivity contribution in [1.29, 1.82) is 0 Å². The van der Waals surface area contributed by atoms with Crippen molar-refractivity contribution in [1.82, 2.24) is 0 Å². The molecule has 0 aromatic heterocycles. The Morgan fingerprint density at radius 2 is 2.00 bits per heavy atom. The summed E-state index contributed by atoms with van der Waals surface area (Å²) in [6, 6.07) is 0. The zero-order valence-corrected chi connectivity index (χ0v) is 9.58. The molecule has 0 aromatic rings. The molecule has 0 saturated carbocycles. The number of rotatable bonds is 5. The Labute approximate surface area is 86.9 Å². The van der Waals surface area contributed by atoms with Gasteiger partial charge in [0.2, 0.25) is 0 Å². The predicted octanol–water partition coefficient (Wildman–Crippen LogP) is 1.70. The molecule has 1 aliphatic heterocycles. The molecule has 0 amide bonds. The number of ether oxygens (including phenoxy) is 2. The molecule has 0 radical (unpaired) electrons. The second kappa shape index (κ2) is 5.10. The van der Waals surface area contributed by atoms with E-state index in [9.17, 15) is 0 Å². The summed E-state index contributed by atoms with van der Waals surface area (Å²) >= 11 is 0. The van der Waals surface area contributed by atoms with Crippen molar-refractivity contribution in [2.45, 2.75) is 57.8 Å². The summed E-state index contributed by atoms with van der Waals surface area (Å²) in [6.07, 6.45) is 3.71. The van der Waals surface area contributed by atoms with Crippen LogP contribution >= 0.6 is 0 Å². The minimum Gasteiger partial charge on any atom is -0.373 e. The molecule has 0 spiro atoms. The van der Waals surface area contributed by atoms with E-state index >= 15 is 0 Å². The van der Waals surface area contributed by atoms with Crippen LogP contribution in [0.15, 0.2) is 0 Å². The first kappa shape index (κ1) is 12.0. The van der Waals surface area contributed by atoms with Crippen LogP contribution in [0.3, 0.4) is 0 Å². The first-order valence-electron chi connectivity index (χ1n) is 5.57. The van der Waals surface area contributed by atoms with Gasteiger partial charge in [-0.1, -0.05) is 6.92 Å². The molecule has 3 nitrogen and oxygen atoms in total. The van der Waals surface area contributed by atoms with Gasteiger partial charge in [0.15, 0.2) is 0 Å². The van der Waals surface area contributed by atoms with Gasteiger partial charge in [0.05, 0.1) is 24.4 Å². The Morgan fingerprint density at radius 1 is 1.36 bits per heavy atom. The van der Waals surface area contributed by atoms with Crippen LogP contribution < -0.4 is 5.73 Å². The summed E-state index contributed by atoms with van der Waals surface area (Å²) in [5, 5.41) is 0. The molecule has 0 aromatic carbocycles. The Kier molecular flexibility index (Phi) is 4.35. The lowest BCUT2D eigenvalue weighted by Gasteiger charge is -2.25. The van der Waals surface area contributed by atoms with Crippen LogP contribution in [0.5, 0.6) is 0 Å². The van der Waals surface area contributed by atoms with Gasteiger partial charge in [-0.25, -0.2) is 0 Å². The SMILES string of the molecule is CCC(C)(C)OCC1CCC(CN)O1. The van der Waals surface area contributed by atoms with Gasteiger partial charge >= 0.3 is 0 Å². The third-order valence-electron chi connectivity index (χ3n) is 2.97. The number of nitrogens with two attached hydrogens (primary N) is 1. The van der Waals surface area contributed by atoms with Crippen LogP contribution in [0.4, 0.5) is 0 Å². The lowest BCUT2D eigenvalue weighted by atomic mass is 10.1. The van der Waals surface area contributed by atoms with Crippen LogP contribution in [0.1, 0.15) is 40.0 Å². The van der Waals surface area contributed by atoms with Crippen molar-refractivity contribution >= 4 is 0 Å². The second-order valence-corrected chi connectivity index (χ2v) is 4.62. The molecule has 3 heteroatoms. The lowest BCUT2D eigenvalue weighted by Crippen LogP contribution is -2.29. The summed E-state index contributed by atoms with van der Waals surface area (Å²) in [5.74, 6) is 0. The fourth-order valence-electron chi connectivity index (χ4n) is 1.50. The molecule has 0 bridgehead atoms. The van der Waals surface area contributed by atoms with Crippen molar-refractivity contribution in [2.75, 3.05) is 13.2 Å². The van der Waals surface area contributed by atoms with Crippen molar-refractivity contribution in [3.63, 3.8) is 0 Å². The highest BCUT2D eigenvalue weighted by Gasteiger charge is 2.26. The van der Waals surface area contributed by atoms with Crippen LogP contribution in [-0.2, 0) is 9.47 Å². The molecule has 1 saturated heterocycles. The minimum atomic E-state index is -0.0236. The topological polar surface area (TPSA) is 44.5 Å². The highest BCUT2D eigenvalue weighted by molar-refractivity contribution is 4.75. The number of hydrogen-bond donors (Lipinski definition) is 1. The normalized spacial score (nSPS) is 28.3. The maximum atomic E-state index is 5.79. The summed E-state index contributed by atoms with van der Waals surface area (Å²) < 4.78 is 11.5. The molecule has 84 valence electrons. The highest BCUT2D eigenvalue weighted by atomic mass is 16.6. The van der Waals surface area contributed by atoms with Gasteiger partial charge in [-0.3, -0.25) is 0 Å². The fourth-order valence-corrected chi connectivity index (χ4v) is 1.50. The standard InChI is InChI=1S/C11H23NO2/c1-4-11(2,3)13-8-10-6-5-9(7-12)14-10/h9-10H,4-8,12H2,1-3H3. The first-order chi connectivity index (χ1) is 6.57. The minimum absolute atomic E-state index is 0.0236. The summed E-state index contributed by atoms with van der Waals surface area (Å²) in [4.78, 5) is 0. The smallest absolute Gasteiger partial charge is 0.0814 e. The van der Waals surface area contributed by atoms with E-state index in [1.54, 1.807) is 0 Å². The zero-order chi connectivity index (χ0) is 10.6. The quantitative estimate of drug-likeness (QED) is 0.736. The largest absolute Gasteiger partial charge is 0.373 e. The van der Waals surface area contributed by atoms with E-state index in [2.05, 4.69) is 20.8 Å². The van der Waals surface area contributed by atoms with E-state index in [4.69, 9.17) is 15.2 Å². The van der Waals surface area contributed by atoms with Gasteiger partial charge in [0, 0.05) is 6.54 Å². The Balaban J connectivity index is 2.20. The van der Waals surface area contributed by atoms with Crippen molar-refractivity contribution < 1.29 is 9.47 Å². The number of hydrogen-bond acceptors (Lipinski definition) is 3. The Hall–Kier alpha value is -0.120. The molecule has 14 heavy (non-hydrogen) atoms. The molecule has 2 atom stereocenters. The molecular formula is C11H23NO2. The van der Waals surface area contributed by atoms with Crippen molar-refractivity contribution in [3.8, 4) is 0 Å². The van der Waals surface area contributed by atoms with E-state index in [1.165, 1.54) is 0 Å². The average Bonchev–Trinajstić information content (AvgIpc) is 2.63. The molecule has 1 aliphatic rings. The maximum Gasteiger partial charge on any atom is 0.0814 e. The molecular weight excluding hydrogens is 178 g/mol. The highest BCUT2D eigenvalue weighted by Crippen LogP contribution is 2.22. The van der Waals surface area contributed by atoms with E-state index in [-0.39, 0.29) is 17.8 Å². The van der Waals surface area contributed by atoms with Crippen LogP contribution in [-0.4, -0.2) is 31.0 Å². The second-order valence-electron chi connectivity index (χ2n) is 4.62. The zero-order valence-electron chi connectivity index (χ0n) is 9.58. The van der Waals surface area contributed by atoms with Crippen molar-refractivity contribution in [3.05, 3.63) is 0 Å². The fraction of sp³-hybridized carbons (Fsp3) is 1.00. The molecule has 2 N–H and O–H groups in total. The van der Waals surface area contributed by atoms with E-state index in [0.29, 0.717) is 13.2 Å². The van der Waals surface area contributed by atoms with Crippen LogP contribution in [0, 0.1) is 0 Å². The maximum absolute atomic E-state index is 5.79. The van der Waals surface area contributed by atoms with Crippen LogP contribution in [0.25, 0.3) is 0 Å². The Morgan fingerprint density at radius 3 is 2.50 bits per heavy atom. The first-order valence-corrected chi connectivity index (χ1v) is 5.57. The molecule has 2 unspecified atom stereocenters. The third kappa shape index (κ3) is 3.56. The summed E-state index contributed by atoms with van der Waals surface area (Å²) in [6.45, 7) is 7.70. The van der Waals surface area contributed by atoms with E-state index in [0.717, 1.165) is 19.3 Å². The summed E-state index contributed by atoms with van der Waals surface area (Å²) in [7, 11) is 0. The summed E-state index contributed by atoms with van der Waals surface area (Å²) in [5.41, 5.74) is 5.51. The molecule has 1 fully saturated rings. The average molecular weight is 201 g/mol. The Bertz CT molecular complexity index is 171. The van der Waals surface area contributed by atoms with Gasteiger partial charge < -0.3 is 15.2 Å². The monoisotopic (exact) mass is 201 g/mol.